The number of pyridine rings is 1. The van der Waals surface area contributed by atoms with Gasteiger partial charge in [-0.3, -0.25) is 4.98 Å². The molecule has 0 aliphatic carbocycles. The highest BCUT2D eigenvalue weighted by molar-refractivity contribution is 9.10. The van der Waals surface area contributed by atoms with Gasteiger partial charge in [0.15, 0.2) is 0 Å². The van der Waals surface area contributed by atoms with Gasteiger partial charge in [0.1, 0.15) is 4.90 Å². The number of sulfonamides is 1. The molecule has 2 fully saturated rings. The van der Waals surface area contributed by atoms with Gasteiger partial charge in [-0.25, -0.2) is 13.1 Å². The number of nitrogens with one attached hydrogen (secondary N) is 1. The van der Waals surface area contributed by atoms with Gasteiger partial charge in [0.25, 0.3) is 0 Å². The summed E-state index contributed by atoms with van der Waals surface area (Å²) in [7, 11) is -1.28. The standard InChI is InChI=1S/C14H20BrN3O2S/c1-18-12-2-3-13(18)5-10(4-12)7-17-21(19,20)14-6-11(15)8-16-9-14/h6,8-10,12-13,17H,2-5,7H2,1H3. The normalized spacial score (nSPS) is 29.7. The zero-order valence-electron chi connectivity index (χ0n) is 12.0. The van der Waals surface area contributed by atoms with Gasteiger partial charge in [0.05, 0.1) is 0 Å². The fourth-order valence-electron chi connectivity index (χ4n) is 3.54. The number of hydrogen-bond donors (Lipinski definition) is 1. The third-order valence-electron chi connectivity index (χ3n) is 4.75. The van der Waals surface area contributed by atoms with E-state index in [1.807, 2.05) is 0 Å². The van der Waals surface area contributed by atoms with Gasteiger partial charge in [0, 0.05) is 35.5 Å². The van der Waals surface area contributed by atoms with Crippen molar-refractivity contribution in [3.8, 4) is 0 Å². The van der Waals surface area contributed by atoms with Crippen molar-refractivity contribution < 1.29 is 8.42 Å². The summed E-state index contributed by atoms with van der Waals surface area (Å²) in [6.07, 6.45) is 7.64. The molecule has 0 saturated carbocycles. The summed E-state index contributed by atoms with van der Waals surface area (Å²) in [6.45, 7) is 0.523. The van der Waals surface area contributed by atoms with E-state index in [4.69, 9.17) is 0 Å². The number of piperidine rings is 1. The molecule has 2 bridgehead atoms. The maximum absolute atomic E-state index is 12.3. The minimum absolute atomic E-state index is 0.216. The van der Waals surface area contributed by atoms with Crippen molar-refractivity contribution in [2.45, 2.75) is 42.7 Å². The lowest BCUT2D eigenvalue weighted by Gasteiger charge is -2.36. The predicted molar refractivity (Wildman–Crippen MR) is 84.4 cm³/mol. The fourth-order valence-corrected chi connectivity index (χ4v) is 5.16. The molecule has 3 rings (SSSR count). The zero-order chi connectivity index (χ0) is 15.0. The Bertz CT molecular complexity index is 608. The SMILES string of the molecule is CN1C2CCC1CC(CNS(=O)(=O)c1cncc(Br)c1)C2. The Hall–Kier alpha value is -0.500. The molecular formula is C14H20BrN3O2S. The Morgan fingerprint density at radius 1 is 1.33 bits per heavy atom. The molecule has 1 aromatic rings. The molecule has 5 nitrogen and oxygen atoms in total. The van der Waals surface area contributed by atoms with Crippen LogP contribution in [0.5, 0.6) is 0 Å². The molecule has 2 aliphatic heterocycles. The first kappa shape index (κ1) is 15.4. The van der Waals surface area contributed by atoms with E-state index in [1.165, 1.54) is 19.0 Å². The van der Waals surface area contributed by atoms with Crippen LogP contribution in [0.3, 0.4) is 0 Å². The van der Waals surface area contributed by atoms with Crippen molar-refractivity contribution in [2.75, 3.05) is 13.6 Å². The quantitative estimate of drug-likeness (QED) is 0.876. The minimum Gasteiger partial charge on any atom is -0.300 e. The van der Waals surface area contributed by atoms with Crippen LogP contribution in [0.15, 0.2) is 27.8 Å². The smallest absolute Gasteiger partial charge is 0.242 e. The Balaban J connectivity index is 1.63. The van der Waals surface area contributed by atoms with Crippen molar-refractivity contribution >= 4 is 26.0 Å². The van der Waals surface area contributed by atoms with E-state index >= 15 is 0 Å². The van der Waals surface area contributed by atoms with Crippen LogP contribution in [0, 0.1) is 5.92 Å². The van der Waals surface area contributed by atoms with Gasteiger partial charge < -0.3 is 4.90 Å². The topological polar surface area (TPSA) is 62.3 Å². The third-order valence-corrected chi connectivity index (χ3v) is 6.57. The summed E-state index contributed by atoms with van der Waals surface area (Å²) in [5.41, 5.74) is 0. The molecule has 1 aromatic heterocycles. The second kappa shape index (κ2) is 5.95. The molecule has 2 atom stereocenters. The molecule has 116 valence electrons. The molecule has 2 unspecified atom stereocenters. The third kappa shape index (κ3) is 3.31. The van der Waals surface area contributed by atoms with Gasteiger partial charge in [-0.1, -0.05) is 0 Å². The molecule has 2 aliphatic rings. The van der Waals surface area contributed by atoms with E-state index in [9.17, 15) is 8.42 Å². The monoisotopic (exact) mass is 373 g/mol. The summed E-state index contributed by atoms with van der Waals surface area (Å²) in [6, 6.07) is 2.84. The summed E-state index contributed by atoms with van der Waals surface area (Å²) in [4.78, 5) is 6.59. The van der Waals surface area contributed by atoms with Crippen molar-refractivity contribution in [1.29, 1.82) is 0 Å². The lowest BCUT2D eigenvalue weighted by molar-refractivity contribution is 0.135. The van der Waals surface area contributed by atoms with E-state index in [1.54, 1.807) is 12.3 Å². The van der Waals surface area contributed by atoms with Crippen LogP contribution in [0.2, 0.25) is 0 Å². The van der Waals surface area contributed by atoms with Crippen molar-refractivity contribution in [3.05, 3.63) is 22.9 Å². The number of fused-ring (bicyclic) bond motifs is 2. The van der Waals surface area contributed by atoms with Gasteiger partial charge in [-0.05, 0) is 60.6 Å². The summed E-state index contributed by atoms with van der Waals surface area (Å²) < 4.78 is 28.0. The zero-order valence-corrected chi connectivity index (χ0v) is 14.4. The van der Waals surface area contributed by atoms with Crippen LogP contribution in [0.25, 0.3) is 0 Å². The second-order valence-corrected chi connectivity index (χ2v) is 8.76. The fraction of sp³-hybridized carbons (Fsp3) is 0.643. The Labute approximate surface area is 134 Å². The van der Waals surface area contributed by atoms with Crippen LogP contribution < -0.4 is 4.72 Å². The average Bonchev–Trinajstić information content (AvgIpc) is 2.67. The predicted octanol–water partition coefficient (Wildman–Crippen LogP) is 2.00. The van der Waals surface area contributed by atoms with Crippen LogP contribution in [-0.2, 0) is 10.0 Å². The Morgan fingerprint density at radius 2 is 2.00 bits per heavy atom. The molecule has 0 amide bonds. The maximum atomic E-state index is 12.3. The first-order chi connectivity index (χ1) is 9.95. The number of aromatic nitrogens is 1. The molecule has 3 heterocycles. The van der Waals surface area contributed by atoms with E-state index in [0.29, 0.717) is 29.0 Å². The second-order valence-electron chi connectivity index (χ2n) is 6.08. The van der Waals surface area contributed by atoms with E-state index in [0.717, 1.165) is 12.8 Å². The van der Waals surface area contributed by atoms with Gasteiger partial charge >= 0.3 is 0 Å². The van der Waals surface area contributed by atoms with Crippen LogP contribution in [0.1, 0.15) is 25.7 Å². The van der Waals surface area contributed by atoms with Crippen LogP contribution in [0.4, 0.5) is 0 Å². The number of halogens is 1. The summed E-state index contributed by atoms with van der Waals surface area (Å²) in [5.74, 6) is 0.439. The number of nitrogens with zero attached hydrogens (tertiary/aromatic N) is 2. The average molecular weight is 374 g/mol. The van der Waals surface area contributed by atoms with Crippen LogP contribution >= 0.6 is 15.9 Å². The molecule has 0 spiro atoms. The number of rotatable bonds is 4. The molecule has 0 radical (unpaired) electrons. The molecular weight excluding hydrogens is 354 g/mol. The molecule has 2 saturated heterocycles. The van der Waals surface area contributed by atoms with Gasteiger partial charge in [-0.2, -0.15) is 0 Å². The summed E-state index contributed by atoms with van der Waals surface area (Å²) >= 11 is 3.25. The largest absolute Gasteiger partial charge is 0.300 e. The van der Waals surface area contributed by atoms with E-state index in [2.05, 4.69) is 37.6 Å². The molecule has 0 aromatic carbocycles. The highest BCUT2D eigenvalue weighted by Gasteiger charge is 2.38. The first-order valence-electron chi connectivity index (χ1n) is 7.28. The Morgan fingerprint density at radius 3 is 2.62 bits per heavy atom. The van der Waals surface area contributed by atoms with Crippen molar-refractivity contribution in [3.63, 3.8) is 0 Å². The molecule has 21 heavy (non-hydrogen) atoms. The lowest BCUT2D eigenvalue weighted by Crippen LogP contribution is -2.43. The van der Waals surface area contributed by atoms with E-state index in [-0.39, 0.29) is 4.90 Å². The molecule has 1 N–H and O–H groups in total. The summed E-state index contributed by atoms with van der Waals surface area (Å²) in [5, 5.41) is 0. The first-order valence-corrected chi connectivity index (χ1v) is 9.55. The molecule has 7 heteroatoms. The van der Waals surface area contributed by atoms with E-state index < -0.39 is 10.0 Å². The van der Waals surface area contributed by atoms with Crippen molar-refractivity contribution in [2.24, 2.45) is 5.92 Å². The lowest BCUT2D eigenvalue weighted by atomic mass is 9.91. The number of hydrogen-bond acceptors (Lipinski definition) is 4. The van der Waals surface area contributed by atoms with Gasteiger partial charge in [-0.15, -0.1) is 0 Å². The highest BCUT2D eigenvalue weighted by atomic mass is 79.9. The van der Waals surface area contributed by atoms with Crippen molar-refractivity contribution in [1.82, 2.24) is 14.6 Å². The highest BCUT2D eigenvalue weighted by Crippen LogP contribution is 2.37. The van der Waals surface area contributed by atoms with Gasteiger partial charge in [0.2, 0.25) is 10.0 Å². The maximum Gasteiger partial charge on any atom is 0.242 e. The minimum atomic E-state index is -3.47. The Kier molecular flexibility index (Phi) is 4.36. The van der Waals surface area contributed by atoms with Crippen LogP contribution in [-0.4, -0.2) is 44.0 Å².